The summed E-state index contributed by atoms with van der Waals surface area (Å²) in [4.78, 5) is 13.6. The van der Waals surface area contributed by atoms with Crippen molar-refractivity contribution in [3.8, 4) is 0 Å². The molecule has 0 aliphatic heterocycles. The van der Waals surface area contributed by atoms with Gasteiger partial charge in [0.15, 0.2) is 0 Å². The highest BCUT2D eigenvalue weighted by Gasteiger charge is 2.18. The van der Waals surface area contributed by atoms with Gasteiger partial charge in [-0.3, -0.25) is 9.69 Å². The molecule has 0 aromatic heterocycles. The van der Waals surface area contributed by atoms with Gasteiger partial charge in [-0.05, 0) is 20.8 Å². The molecule has 17 heavy (non-hydrogen) atoms. The number of hydrogen-bond donors (Lipinski definition) is 0. The molecule has 0 radical (unpaired) electrons. The first kappa shape index (κ1) is 16.4. The molecule has 0 spiro atoms. The lowest BCUT2D eigenvalue weighted by atomic mass is 10.2. The van der Waals surface area contributed by atoms with Crippen LogP contribution < -0.4 is 0 Å². The van der Waals surface area contributed by atoms with Crippen LogP contribution in [0.5, 0.6) is 0 Å². The SMILES string of the molecule is COCCN(CCOC)CC(=O)OC(C)(C)C. The van der Waals surface area contributed by atoms with Crippen molar-refractivity contribution in [3.63, 3.8) is 0 Å². The molecule has 0 unspecified atom stereocenters. The number of hydrogen-bond acceptors (Lipinski definition) is 5. The van der Waals surface area contributed by atoms with Gasteiger partial charge in [-0.2, -0.15) is 0 Å². The predicted molar refractivity (Wildman–Crippen MR) is 66.0 cm³/mol. The van der Waals surface area contributed by atoms with E-state index < -0.39 is 5.60 Å². The van der Waals surface area contributed by atoms with Crippen molar-refractivity contribution in [1.29, 1.82) is 0 Å². The topological polar surface area (TPSA) is 48.0 Å². The smallest absolute Gasteiger partial charge is 0.320 e. The second kappa shape index (κ2) is 8.44. The van der Waals surface area contributed by atoms with E-state index in [1.54, 1.807) is 14.2 Å². The maximum Gasteiger partial charge on any atom is 0.320 e. The quantitative estimate of drug-likeness (QED) is 0.597. The summed E-state index contributed by atoms with van der Waals surface area (Å²) in [6.07, 6.45) is 0. The van der Waals surface area contributed by atoms with Crippen LogP contribution in [-0.2, 0) is 19.0 Å². The minimum absolute atomic E-state index is 0.218. The lowest BCUT2D eigenvalue weighted by Gasteiger charge is -2.24. The lowest BCUT2D eigenvalue weighted by Crippen LogP contribution is -2.38. The van der Waals surface area contributed by atoms with Crippen molar-refractivity contribution in [2.45, 2.75) is 26.4 Å². The Morgan fingerprint density at radius 1 is 1.06 bits per heavy atom. The van der Waals surface area contributed by atoms with Gasteiger partial charge in [0, 0.05) is 27.3 Å². The second-order valence-corrected chi connectivity index (χ2v) is 4.85. The number of ether oxygens (including phenoxy) is 3. The molecule has 0 amide bonds. The van der Waals surface area contributed by atoms with Crippen molar-refractivity contribution in [1.82, 2.24) is 4.90 Å². The van der Waals surface area contributed by atoms with Gasteiger partial charge in [-0.1, -0.05) is 0 Å². The molecule has 0 N–H and O–H groups in total. The number of esters is 1. The molecule has 0 fully saturated rings. The van der Waals surface area contributed by atoms with Crippen molar-refractivity contribution < 1.29 is 19.0 Å². The summed E-state index contributed by atoms with van der Waals surface area (Å²) in [6, 6.07) is 0. The van der Waals surface area contributed by atoms with Gasteiger partial charge in [0.2, 0.25) is 0 Å². The molecule has 5 nitrogen and oxygen atoms in total. The third-order valence-corrected chi connectivity index (χ3v) is 2.00. The van der Waals surface area contributed by atoms with Gasteiger partial charge in [0.1, 0.15) is 5.60 Å². The molecule has 0 aliphatic carbocycles. The summed E-state index contributed by atoms with van der Waals surface area (Å²) < 4.78 is 15.3. The summed E-state index contributed by atoms with van der Waals surface area (Å²) in [5, 5.41) is 0. The number of methoxy groups -OCH3 is 2. The van der Waals surface area contributed by atoms with Gasteiger partial charge in [0.05, 0.1) is 19.8 Å². The molecule has 0 aliphatic rings. The van der Waals surface area contributed by atoms with Crippen LogP contribution in [0.15, 0.2) is 0 Å². The zero-order valence-electron chi connectivity index (χ0n) is 11.6. The Morgan fingerprint density at radius 2 is 1.53 bits per heavy atom. The molecule has 0 atom stereocenters. The Morgan fingerprint density at radius 3 is 1.88 bits per heavy atom. The first-order chi connectivity index (χ1) is 7.89. The fourth-order valence-corrected chi connectivity index (χ4v) is 1.27. The maximum atomic E-state index is 11.6. The van der Waals surface area contributed by atoms with Gasteiger partial charge >= 0.3 is 5.97 Å². The lowest BCUT2D eigenvalue weighted by molar-refractivity contribution is -0.156. The third kappa shape index (κ3) is 10.2. The first-order valence-electron chi connectivity index (χ1n) is 5.81. The van der Waals surface area contributed by atoms with Crippen LogP contribution >= 0.6 is 0 Å². The molecule has 0 heterocycles. The molecule has 0 rings (SSSR count). The minimum atomic E-state index is -0.439. The van der Waals surface area contributed by atoms with Crippen molar-refractivity contribution in [3.05, 3.63) is 0 Å². The molecular formula is C12H25NO4. The summed E-state index contributed by atoms with van der Waals surface area (Å²) in [5.74, 6) is -0.218. The Kier molecular flexibility index (Phi) is 8.12. The van der Waals surface area contributed by atoms with Crippen LogP contribution in [0.3, 0.4) is 0 Å². The van der Waals surface area contributed by atoms with Crippen LogP contribution in [-0.4, -0.2) is 63.5 Å². The highest BCUT2D eigenvalue weighted by Crippen LogP contribution is 2.07. The zero-order chi connectivity index (χ0) is 13.3. The zero-order valence-corrected chi connectivity index (χ0v) is 11.6. The fraction of sp³-hybridized carbons (Fsp3) is 0.917. The van der Waals surface area contributed by atoms with E-state index in [4.69, 9.17) is 14.2 Å². The summed E-state index contributed by atoms with van der Waals surface area (Å²) in [6.45, 7) is 8.42. The van der Waals surface area contributed by atoms with Crippen LogP contribution in [0.4, 0.5) is 0 Å². The van der Waals surface area contributed by atoms with Crippen LogP contribution in [0.2, 0.25) is 0 Å². The van der Waals surface area contributed by atoms with E-state index in [0.29, 0.717) is 26.3 Å². The Bertz CT molecular complexity index is 205. The van der Waals surface area contributed by atoms with Crippen molar-refractivity contribution >= 4 is 5.97 Å². The fourth-order valence-electron chi connectivity index (χ4n) is 1.27. The minimum Gasteiger partial charge on any atom is -0.459 e. The van der Waals surface area contributed by atoms with Gasteiger partial charge in [0.25, 0.3) is 0 Å². The highest BCUT2D eigenvalue weighted by atomic mass is 16.6. The van der Waals surface area contributed by atoms with E-state index in [-0.39, 0.29) is 12.5 Å². The molecule has 0 saturated heterocycles. The van der Waals surface area contributed by atoms with E-state index in [1.807, 2.05) is 25.7 Å². The molecule has 0 saturated carbocycles. The largest absolute Gasteiger partial charge is 0.459 e. The number of nitrogens with zero attached hydrogens (tertiary/aromatic N) is 1. The summed E-state index contributed by atoms with van der Waals surface area (Å²) >= 11 is 0. The number of carbonyl (C=O) groups is 1. The van der Waals surface area contributed by atoms with Crippen LogP contribution in [0.25, 0.3) is 0 Å². The molecule has 0 aromatic rings. The van der Waals surface area contributed by atoms with Gasteiger partial charge < -0.3 is 14.2 Å². The van der Waals surface area contributed by atoms with E-state index in [9.17, 15) is 4.79 Å². The Hall–Kier alpha value is -0.650. The van der Waals surface area contributed by atoms with Crippen molar-refractivity contribution in [2.75, 3.05) is 47.1 Å². The average molecular weight is 247 g/mol. The van der Waals surface area contributed by atoms with Gasteiger partial charge in [-0.25, -0.2) is 0 Å². The third-order valence-electron chi connectivity index (χ3n) is 2.00. The maximum absolute atomic E-state index is 11.6. The molecule has 102 valence electrons. The Labute approximate surface area is 104 Å². The summed E-state index contributed by atoms with van der Waals surface area (Å²) in [7, 11) is 3.28. The molecule has 0 bridgehead atoms. The van der Waals surface area contributed by atoms with E-state index in [0.717, 1.165) is 0 Å². The average Bonchev–Trinajstić information content (AvgIpc) is 2.19. The Balaban J connectivity index is 4.07. The molecule has 5 heteroatoms. The highest BCUT2D eigenvalue weighted by molar-refractivity contribution is 5.72. The number of carbonyl (C=O) groups excluding carboxylic acids is 1. The molecule has 0 aromatic carbocycles. The van der Waals surface area contributed by atoms with Gasteiger partial charge in [-0.15, -0.1) is 0 Å². The second-order valence-electron chi connectivity index (χ2n) is 4.85. The van der Waals surface area contributed by atoms with Crippen LogP contribution in [0, 0.1) is 0 Å². The number of rotatable bonds is 8. The van der Waals surface area contributed by atoms with E-state index in [1.165, 1.54) is 0 Å². The summed E-state index contributed by atoms with van der Waals surface area (Å²) in [5.41, 5.74) is -0.439. The van der Waals surface area contributed by atoms with Crippen LogP contribution in [0.1, 0.15) is 20.8 Å². The van der Waals surface area contributed by atoms with E-state index >= 15 is 0 Å². The van der Waals surface area contributed by atoms with Crippen molar-refractivity contribution in [2.24, 2.45) is 0 Å². The predicted octanol–water partition coefficient (Wildman–Crippen LogP) is 0.923. The normalized spacial score (nSPS) is 11.9. The first-order valence-corrected chi connectivity index (χ1v) is 5.81. The standard InChI is InChI=1S/C12H25NO4/c1-12(2,3)17-11(14)10-13(6-8-15-4)7-9-16-5/h6-10H2,1-5H3. The monoisotopic (exact) mass is 247 g/mol. The van der Waals surface area contributed by atoms with E-state index in [2.05, 4.69) is 0 Å². The molecular weight excluding hydrogens is 222 g/mol.